The fourth-order valence-electron chi connectivity index (χ4n) is 0.975. The monoisotopic (exact) mass is 232 g/mol. The summed E-state index contributed by atoms with van der Waals surface area (Å²) in [4.78, 5) is 12.2. The first kappa shape index (κ1) is 11.7. The number of hydrogen-bond acceptors (Lipinski definition) is 3. The summed E-state index contributed by atoms with van der Waals surface area (Å²) in [6.07, 6.45) is -0.975. The van der Waals surface area contributed by atoms with Crippen LogP contribution in [0.4, 0.5) is 0 Å². The van der Waals surface area contributed by atoms with Crippen molar-refractivity contribution in [3.8, 4) is 0 Å². The lowest BCUT2D eigenvalue weighted by Crippen LogP contribution is -2.33. The highest BCUT2D eigenvalue weighted by atomic mass is 35.5. The molecule has 0 bridgehead atoms. The van der Waals surface area contributed by atoms with Gasteiger partial charge in [-0.05, 0) is 17.5 Å². The molecule has 0 aliphatic heterocycles. The van der Waals surface area contributed by atoms with Gasteiger partial charge in [0.15, 0.2) is 0 Å². The number of Topliss-reactive ketones (excluding diaryl/α,β-unsaturated/α-hetero) is 1. The van der Waals surface area contributed by atoms with Gasteiger partial charge in [0.1, 0.15) is 6.10 Å². The van der Waals surface area contributed by atoms with E-state index in [9.17, 15) is 9.90 Å². The predicted molar refractivity (Wildman–Crippen MR) is 59.1 cm³/mol. The molecule has 1 aromatic rings. The van der Waals surface area contributed by atoms with E-state index in [1.807, 2.05) is 20.8 Å². The smallest absolute Gasteiger partial charge is 0.201 e. The van der Waals surface area contributed by atoms with Crippen LogP contribution >= 0.6 is 22.9 Å². The van der Waals surface area contributed by atoms with Crippen LogP contribution in [0, 0.1) is 5.41 Å². The molecule has 0 fully saturated rings. The average molecular weight is 233 g/mol. The van der Waals surface area contributed by atoms with Crippen molar-refractivity contribution in [3.05, 3.63) is 21.3 Å². The Hall–Kier alpha value is -0.380. The van der Waals surface area contributed by atoms with Gasteiger partial charge in [0.2, 0.25) is 5.78 Å². The van der Waals surface area contributed by atoms with E-state index in [1.54, 1.807) is 12.1 Å². The molecule has 4 heteroatoms. The molecule has 1 rings (SSSR count). The largest absolute Gasteiger partial charge is 0.384 e. The molecule has 0 aliphatic carbocycles. The van der Waals surface area contributed by atoms with Crippen molar-refractivity contribution in [2.45, 2.75) is 26.9 Å². The molecule has 14 heavy (non-hydrogen) atoms. The third kappa shape index (κ3) is 2.56. The van der Waals surface area contributed by atoms with Gasteiger partial charge in [-0.2, -0.15) is 0 Å². The minimum Gasteiger partial charge on any atom is -0.384 e. The van der Waals surface area contributed by atoms with Crippen molar-refractivity contribution >= 4 is 28.7 Å². The zero-order chi connectivity index (χ0) is 10.9. The summed E-state index contributed by atoms with van der Waals surface area (Å²) in [7, 11) is 0. The number of thiophene rings is 1. The van der Waals surface area contributed by atoms with Crippen LogP contribution in [0.3, 0.4) is 0 Å². The number of halogens is 1. The number of aliphatic hydroxyl groups excluding tert-OH is 1. The van der Waals surface area contributed by atoms with Crippen LogP contribution in [0.15, 0.2) is 12.1 Å². The number of carbonyl (C=O) groups is 1. The third-order valence-corrected chi connectivity index (χ3v) is 3.13. The van der Waals surface area contributed by atoms with Crippen molar-refractivity contribution in [3.63, 3.8) is 0 Å². The summed E-state index contributed by atoms with van der Waals surface area (Å²) >= 11 is 6.90. The van der Waals surface area contributed by atoms with E-state index >= 15 is 0 Å². The summed E-state index contributed by atoms with van der Waals surface area (Å²) in [5, 5.41) is 9.73. The lowest BCUT2D eigenvalue weighted by molar-refractivity contribution is 0.0447. The molecule has 0 radical (unpaired) electrons. The summed E-state index contributed by atoms with van der Waals surface area (Å²) in [5.74, 6) is -0.255. The van der Waals surface area contributed by atoms with Crippen molar-refractivity contribution in [2.75, 3.05) is 0 Å². The molecule has 0 saturated carbocycles. The number of hydrogen-bond donors (Lipinski definition) is 1. The van der Waals surface area contributed by atoms with Gasteiger partial charge >= 0.3 is 0 Å². The Kier molecular flexibility index (Phi) is 3.35. The summed E-state index contributed by atoms with van der Waals surface area (Å²) < 4.78 is 0.564. The van der Waals surface area contributed by atoms with Crippen molar-refractivity contribution in [1.29, 1.82) is 0 Å². The van der Waals surface area contributed by atoms with Gasteiger partial charge < -0.3 is 5.11 Å². The molecule has 0 saturated heterocycles. The average Bonchev–Trinajstić information content (AvgIpc) is 2.47. The molecule has 2 nitrogen and oxygen atoms in total. The molecule has 0 aromatic carbocycles. The zero-order valence-corrected chi connectivity index (χ0v) is 9.95. The van der Waals surface area contributed by atoms with Gasteiger partial charge in [0.25, 0.3) is 0 Å². The van der Waals surface area contributed by atoms with Crippen LogP contribution in [0.2, 0.25) is 4.34 Å². The Morgan fingerprint density at radius 3 is 2.43 bits per heavy atom. The van der Waals surface area contributed by atoms with E-state index < -0.39 is 11.5 Å². The maximum absolute atomic E-state index is 11.7. The van der Waals surface area contributed by atoms with Crippen LogP contribution in [0.25, 0.3) is 0 Å². The Morgan fingerprint density at radius 2 is 2.07 bits per heavy atom. The quantitative estimate of drug-likeness (QED) is 0.796. The van der Waals surface area contributed by atoms with E-state index in [4.69, 9.17) is 11.6 Å². The molecular weight excluding hydrogens is 220 g/mol. The molecule has 1 heterocycles. The lowest BCUT2D eigenvalue weighted by atomic mass is 9.86. The van der Waals surface area contributed by atoms with Gasteiger partial charge in [-0.3, -0.25) is 4.79 Å². The summed E-state index contributed by atoms with van der Waals surface area (Å²) in [6, 6.07) is 3.30. The third-order valence-electron chi connectivity index (χ3n) is 1.88. The van der Waals surface area contributed by atoms with E-state index in [1.165, 1.54) is 11.3 Å². The first-order valence-corrected chi connectivity index (χ1v) is 5.49. The van der Waals surface area contributed by atoms with Crippen LogP contribution in [-0.4, -0.2) is 17.0 Å². The van der Waals surface area contributed by atoms with E-state index in [0.717, 1.165) is 0 Å². The Bertz CT molecular complexity index is 338. The molecule has 1 N–H and O–H groups in total. The minimum atomic E-state index is -0.975. The second-order valence-electron chi connectivity index (χ2n) is 4.24. The number of aliphatic hydroxyl groups is 1. The first-order chi connectivity index (χ1) is 6.32. The fraction of sp³-hybridized carbons (Fsp3) is 0.500. The van der Waals surface area contributed by atoms with Crippen molar-refractivity contribution < 1.29 is 9.90 Å². The summed E-state index contributed by atoms with van der Waals surface area (Å²) in [5.41, 5.74) is -0.437. The van der Waals surface area contributed by atoms with Gasteiger partial charge in [-0.15, -0.1) is 11.3 Å². The van der Waals surface area contributed by atoms with E-state index in [0.29, 0.717) is 9.21 Å². The first-order valence-electron chi connectivity index (χ1n) is 4.30. The Balaban J connectivity index is 2.86. The second kappa shape index (κ2) is 4.01. The second-order valence-corrected chi connectivity index (χ2v) is 5.95. The highest BCUT2D eigenvalue weighted by Crippen LogP contribution is 2.27. The number of ketones is 1. The van der Waals surface area contributed by atoms with Crippen molar-refractivity contribution in [2.24, 2.45) is 5.41 Å². The van der Waals surface area contributed by atoms with Gasteiger partial charge in [-0.25, -0.2) is 0 Å². The van der Waals surface area contributed by atoms with Crippen LogP contribution < -0.4 is 0 Å². The number of carbonyl (C=O) groups excluding carboxylic acids is 1. The van der Waals surface area contributed by atoms with E-state index in [-0.39, 0.29) is 5.78 Å². The molecule has 1 atom stereocenters. The number of rotatable bonds is 2. The highest BCUT2D eigenvalue weighted by Gasteiger charge is 2.30. The van der Waals surface area contributed by atoms with Crippen LogP contribution in [-0.2, 0) is 0 Å². The fourth-order valence-corrected chi connectivity index (χ4v) is 1.98. The standard InChI is InChI=1S/C10H13ClO2S/c1-10(2,3)9(13)8(12)6-4-5-7(11)14-6/h4-5,9,13H,1-3H3. The maximum Gasteiger partial charge on any atom is 0.201 e. The topological polar surface area (TPSA) is 37.3 Å². The molecule has 1 aromatic heterocycles. The molecule has 78 valence electrons. The van der Waals surface area contributed by atoms with Gasteiger partial charge in [0, 0.05) is 0 Å². The summed E-state index contributed by atoms with van der Waals surface area (Å²) in [6.45, 7) is 5.47. The van der Waals surface area contributed by atoms with Gasteiger partial charge in [0.05, 0.1) is 9.21 Å². The predicted octanol–water partition coefficient (Wildman–Crippen LogP) is 2.99. The Morgan fingerprint density at radius 1 is 1.50 bits per heavy atom. The van der Waals surface area contributed by atoms with Crippen LogP contribution in [0.5, 0.6) is 0 Å². The molecule has 0 aliphatic rings. The van der Waals surface area contributed by atoms with E-state index in [2.05, 4.69) is 0 Å². The molecular formula is C10H13ClO2S. The molecule has 0 amide bonds. The Labute approximate surface area is 92.5 Å². The van der Waals surface area contributed by atoms with Crippen LogP contribution in [0.1, 0.15) is 30.4 Å². The zero-order valence-electron chi connectivity index (χ0n) is 8.37. The lowest BCUT2D eigenvalue weighted by Gasteiger charge is -2.23. The molecule has 1 unspecified atom stereocenters. The maximum atomic E-state index is 11.7. The highest BCUT2D eigenvalue weighted by molar-refractivity contribution is 7.18. The normalized spacial score (nSPS) is 14.1. The minimum absolute atomic E-state index is 0.255. The van der Waals surface area contributed by atoms with Gasteiger partial charge in [-0.1, -0.05) is 32.4 Å². The SMILES string of the molecule is CC(C)(C)C(O)C(=O)c1ccc(Cl)s1. The molecule has 0 spiro atoms. The van der Waals surface area contributed by atoms with Crippen molar-refractivity contribution in [1.82, 2.24) is 0 Å².